The molecule has 1 unspecified atom stereocenters. The van der Waals surface area contributed by atoms with Crippen molar-refractivity contribution >= 4 is 17.8 Å². The number of ether oxygens (including phenoxy) is 1. The van der Waals surface area contributed by atoms with Crippen LogP contribution in [0.1, 0.15) is 39.2 Å². The van der Waals surface area contributed by atoms with E-state index in [1.807, 2.05) is 33.8 Å². The molecule has 1 fully saturated rings. The maximum absolute atomic E-state index is 12.4. The van der Waals surface area contributed by atoms with E-state index >= 15 is 0 Å². The number of likely N-dealkylation sites (tertiary alicyclic amines) is 1. The second-order valence-electron chi connectivity index (χ2n) is 6.98. The first-order valence-electron chi connectivity index (χ1n) is 7.96. The quantitative estimate of drug-likeness (QED) is 0.909. The second kappa shape index (κ2) is 6.98. The van der Waals surface area contributed by atoms with Crippen LogP contribution in [0.4, 0.5) is 10.6 Å². The van der Waals surface area contributed by atoms with E-state index in [1.54, 1.807) is 17.2 Å². The number of aryl methyl sites for hydroxylation is 1. The van der Waals surface area contributed by atoms with Crippen molar-refractivity contribution in [3.63, 3.8) is 0 Å². The van der Waals surface area contributed by atoms with E-state index in [0.29, 0.717) is 18.9 Å². The number of nitrogens with one attached hydrogen (secondary N) is 1. The normalized spacial score (nSPS) is 18.4. The van der Waals surface area contributed by atoms with Crippen molar-refractivity contribution in [2.24, 2.45) is 5.92 Å². The number of aromatic nitrogens is 1. The average Bonchev–Trinajstić information content (AvgIpc) is 2.48. The molecule has 23 heavy (non-hydrogen) atoms. The molecule has 1 aliphatic heterocycles. The SMILES string of the molecule is Cc1ccc(NC(=O)C2CCCN(C(=O)OC(C)(C)C)C2)nc1. The predicted molar refractivity (Wildman–Crippen MR) is 88.1 cm³/mol. The van der Waals surface area contributed by atoms with Crippen molar-refractivity contribution in [3.8, 4) is 0 Å². The van der Waals surface area contributed by atoms with E-state index in [4.69, 9.17) is 4.74 Å². The summed E-state index contributed by atoms with van der Waals surface area (Å²) in [5.41, 5.74) is 0.509. The van der Waals surface area contributed by atoms with Gasteiger partial charge in [-0.1, -0.05) is 6.07 Å². The van der Waals surface area contributed by atoms with Crippen molar-refractivity contribution in [2.45, 2.75) is 46.1 Å². The fourth-order valence-electron chi connectivity index (χ4n) is 2.45. The lowest BCUT2D eigenvalue weighted by atomic mass is 9.97. The fraction of sp³-hybridized carbons (Fsp3) is 0.588. The van der Waals surface area contributed by atoms with Crippen LogP contribution in [-0.2, 0) is 9.53 Å². The summed E-state index contributed by atoms with van der Waals surface area (Å²) >= 11 is 0. The zero-order valence-corrected chi connectivity index (χ0v) is 14.3. The number of anilines is 1. The Morgan fingerprint density at radius 3 is 2.70 bits per heavy atom. The minimum absolute atomic E-state index is 0.102. The van der Waals surface area contributed by atoms with Gasteiger partial charge in [0.2, 0.25) is 5.91 Å². The lowest BCUT2D eigenvalue weighted by Crippen LogP contribution is -2.45. The number of hydrogen-bond acceptors (Lipinski definition) is 4. The van der Waals surface area contributed by atoms with Crippen LogP contribution in [0.5, 0.6) is 0 Å². The molecule has 0 bridgehead atoms. The van der Waals surface area contributed by atoms with E-state index in [-0.39, 0.29) is 17.9 Å². The zero-order valence-electron chi connectivity index (χ0n) is 14.3. The monoisotopic (exact) mass is 319 g/mol. The molecule has 0 spiro atoms. The number of carbonyl (C=O) groups is 2. The lowest BCUT2D eigenvalue weighted by Gasteiger charge is -2.33. The third-order valence-electron chi connectivity index (χ3n) is 3.61. The molecule has 1 atom stereocenters. The molecule has 0 aromatic carbocycles. The molecule has 6 heteroatoms. The minimum atomic E-state index is -0.530. The van der Waals surface area contributed by atoms with Gasteiger partial charge in [0.15, 0.2) is 0 Å². The number of nitrogens with zero attached hydrogens (tertiary/aromatic N) is 2. The summed E-state index contributed by atoms with van der Waals surface area (Å²) in [6.45, 7) is 8.46. The number of carbonyl (C=O) groups excluding carboxylic acids is 2. The Morgan fingerprint density at radius 1 is 1.35 bits per heavy atom. The number of pyridine rings is 1. The number of rotatable bonds is 2. The summed E-state index contributed by atoms with van der Waals surface area (Å²) in [7, 11) is 0. The minimum Gasteiger partial charge on any atom is -0.444 e. The molecule has 2 heterocycles. The molecular formula is C17H25N3O3. The van der Waals surface area contributed by atoms with Gasteiger partial charge in [0.1, 0.15) is 11.4 Å². The molecule has 1 N–H and O–H groups in total. The third-order valence-corrected chi connectivity index (χ3v) is 3.61. The molecule has 0 saturated carbocycles. The molecule has 0 radical (unpaired) electrons. The van der Waals surface area contributed by atoms with Gasteiger partial charge in [-0.2, -0.15) is 0 Å². The van der Waals surface area contributed by atoms with Crippen molar-refractivity contribution in [2.75, 3.05) is 18.4 Å². The van der Waals surface area contributed by atoms with Crippen LogP contribution in [0.15, 0.2) is 18.3 Å². The standard InChI is InChI=1S/C17H25N3O3/c1-12-7-8-14(18-10-12)19-15(21)13-6-5-9-20(11-13)16(22)23-17(2,3)4/h7-8,10,13H,5-6,9,11H2,1-4H3,(H,18,19,21). The van der Waals surface area contributed by atoms with Crippen LogP contribution >= 0.6 is 0 Å². The Kier molecular flexibility index (Phi) is 5.23. The average molecular weight is 319 g/mol. The van der Waals surface area contributed by atoms with Crippen molar-refractivity contribution in [3.05, 3.63) is 23.9 Å². The molecule has 1 aromatic rings. The maximum atomic E-state index is 12.4. The van der Waals surface area contributed by atoms with Crippen LogP contribution in [0.3, 0.4) is 0 Å². The van der Waals surface area contributed by atoms with Gasteiger partial charge in [-0.3, -0.25) is 4.79 Å². The van der Waals surface area contributed by atoms with E-state index in [9.17, 15) is 9.59 Å². The van der Waals surface area contributed by atoms with Crippen LogP contribution in [0.25, 0.3) is 0 Å². The van der Waals surface area contributed by atoms with Gasteiger partial charge in [-0.25, -0.2) is 9.78 Å². The van der Waals surface area contributed by atoms with Gasteiger partial charge in [0.25, 0.3) is 0 Å². The smallest absolute Gasteiger partial charge is 0.410 e. The van der Waals surface area contributed by atoms with E-state index < -0.39 is 5.60 Å². The molecule has 2 amide bonds. The van der Waals surface area contributed by atoms with Gasteiger partial charge >= 0.3 is 6.09 Å². The van der Waals surface area contributed by atoms with Crippen LogP contribution < -0.4 is 5.32 Å². The van der Waals surface area contributed by atoms with E-state index in [1.165, 1.54) is 0 Å². The van der Waals surface area contributed by atoms with E-state index in [2.05, 4.69) is 10.3 Å². The van der Waals surface area contributed by atoms with E-state index in [0.717, 1.165) is 18.4 Å². The zero-order chi connectivity index (χ0) is 17.0. The molecule has 1 aromatic heterocycles. The van der Waals surface area contributed by atoms with Crippen LogP contribution in [0.2, 0.25) is 0 Å². The Morgan fingerprint density at radius 2 is 2.09 bits per heavy atom. The predicted octanol–water partition coefficient (Wildman–Crippen LogP) is 2.98. The molecule has 6 nitrogen and oxygen atoms in total. The van der Waals surface area contributed by atoms with Gasteiger partial charge in [-0.15, -0.1) is 0 Å². The first kappa shape index (κ1) is 17.2. The summed E-state index contributed by atoms with van der Waals surface area (Å²) in [4.78, 5) is 30.3. The van der Waals surface area contributed by atoms with Gasteiger partial charge in [0, 0.05) is 19.3 Å². The highest BCUT2D eigenvalue weighted by Gasteiger charge is 2.31. The Bertz CT molecular complexity index is 563. The summed E-state index contributed by atoms with van der Waals surface area (Å²) in [6.07, 6.45) is 2.91. The van der Waals surface area contributed by atoms with Crippen molar-refractivity contribution < 1.29 is 14.3 Å². The molecule has 2 rings (SSSR count). The highest BCUT2D eigenvalue weighted by molar-refractivity contribution is 5.92. The summed E-state index contributed by atoms with van der Waals surface area (Å²) in [5.74, 6) is 0.198. The first-order valence-corrected chi connectivity index (χ1v) is 7.96. The largest absolute Gasteiger partial charge is 0.444 e. The first-order chi connectivity index (χ1) is 10.7. The highest BCUT2D eigenvalue weighted by atomic mass is 16.6. The summed E-state index contributed by atoms with van der Waals surface area (Å²) in [5, 5.41) is 2.82. The van der Waals surface area contributed by atoms with Crippen LogP contribution in [-0.4, -0.2) is 40.6 Å². The molecule has 0 aliphatic carbocycles. The second-order valence-corrected chi connectivity index (χ2v) is 6.98. The van der Waals surface area contributed by atoms with Crippen LogP contribution in [0, 0.1) is 12.8 Å². The Labute approximate surface area is 137 Å². The van der Waals surface area contributed by atoms with Crippen molar-refractivity contribution in [1.82, 2.24) is 9.88 Å². The molecule has 1 aliphatic rings. The topological polar surface area (TPSA) is 71.5 Å². The maximum Gasteiger partial charge on any atom is 0.410 e. The number of amides is 2. The Balaban J connectivity index is 1.93. The lowest BCUT2D eigenvalue weighted by molar-refractivity contribution is -0.121. The van der Waals surface area contributed by atoms with Gasteiger partial charge < -0.3 is 15.0 Å². The summed E-state index contributed by atoms with van der Waals surface area (Å²) in [6, 6.07) is 3.68. The molecular weight excluding hydrogens is 294 g/mol. The summed E-state index contributed by atoms with van der Waals surface area (Å²) < 4.78 is 5.38. The Hall–Kier alpha value is -2.11. The number of piperidine rings is 1. The third kappa shape index (κ3) is 5.23. The number of hydrogen-bond donors (Lipinski definition) is 1. The molecule has 1 saturated heterocycles. The van der Waals surface area contributed by atoms with Gasteiger partial charge in [0.05, 0.1) is 5.92 Å². The molecule has 126 valence electrons. The van der Waals surface area contributed by atoms with Gasteiger partial charge in [-0.05, 0) is 52.2 Å². The van der Waals surface area contributed by atoms with Crippen molar-refractivity contribution in [1.29, 1.82) is 0 Å². The fourth-order valence-corrected chi connectivity index (χ4v) is 2.45. The highest BCUT2D eigenvalue weighted by Crippen LogP contribution is 2.20.